The number of hydrogen-bond acceptors (Lipinski definition) is 5. The molecule has 0 atom stereocenters. The van der Waals surface area contributed by atoms with Crippen LogP contribution in [-0.2, 0) is 10.0 Å². The highest BCUT2D eigenvalue weighted by atomic mass is 79.9. The molecule has 2 rings (SSSR count). The molecule has 1 aromatic heterocycles. The van der Waals surface area contributed by atoms with Crippen molar-refractivity contribution in [3.63, 3.8) is 0 Å². The first kappa shape index (κ1) is 14.8. The highest BCUT2D eigenvalue weighted by Crippen LogP contribution is 2.26. The third-order valence-corrected chi connectivity index (χ3v) is 4.92. The number of benzene rings is 1. The number of nitrogens with one attached hydrogen (secondary N) is 2. The van der Waals surface area contributed by atoms with Crippen molar-refractivity contribution in [3.05, 3.63) is 46.6 Å². The number of sulfonamides is 1. The molecule has 0 fully saturated rings. The van der Waals surface area contributed by atoms with Gasteiger partial charge < -0.3 is 5.43 Å². The van der Waals surface area contributed by atoms with Crippen LogP contribution in [0.2, 0.25) is 0 Å². The molecule has 4 N–H and O–H groups in total. The zero-order valence-electron chi connectivity index (χ0n) is 10.6. The number of rotatable bonds is 4. The highest BCUT2D eigenvalue weighted by Gasteiger charge is 2.16. The average Bonchev–Trinajstić information content (AvgIpc) is 2.44. The summed E-state index contributed by atoms with van der Waals surface area (Å²) in [6.07, 6.45) is 1.37. The summed E-state index contributed by atoms with van der Waals surface area (Å²) in [6, 6.07) is 8.05. The lowest BCUT2D eigenvalue weighted by atomic mass is 10.2. The number of halogens is 1. The Kier molecular flexibility index (Phi) is 4.26. The van der Waals surface area contributed by atoms with Crippen LogP contribution < -0.4 is 16.0 Å². The average molecular weight is 357 g/mol. The summed E-state index contributed by atoms with van der Waals surface area (Å²) in [6.45, 7) is 1.82. The Hall–Kier alpha value is -1.64. The van der Waals surface area contributed by atoms with Gasteiger partial charge in [0.1, 0.15) is 5.82 Å². The van der Waals surface area contributed by atoms with Crippen LogP contribution in [-0.4, -0.2) is 13.4 Å². The lowest BCUT2D eigenvalue weighted by Gasteiger charge is -2.12. The van der Waals surface area contributed by atoms with Gasteiger partial charge in [-0.25, -0.2) is 19.2 Å². The van der Waals surface area contributed by atoms with E-state index in [0.717, 1.165) is 10.0 Å². The molecular weight excluding hydrogens is 344 g/mol. The SMILES string of the molecule is Cc1c(Br)cccc1NS(=O)(=O)c1ccnc(NN)c1. The topological polar surface area (TPSA) is 97.1 Å². The maximum atomic E-state index is 12.3. The van der Waals surface area contributed by atoms with Gasteiger partial charge in [0.15, 0.2) is 0 Å². The van der Waals surface area contributed by atoms with Gasteiger partial charge in [0.25, 0.3) is 10.0 Å². The van der Waals surface area contributed by atoms with Gasteiger partial charge in [-0.1, -0.05) is 22.0 Å². The Balaban J connectivity index is 2.38. The van der Waals surface area contributed by atoms with Crippen LogP contribution in [0.3, 0.4) is 0 Å². The van der Waals surface area contributed by atoms with Gasteiger partial charge >= 0.3 is 0 Å². The molecule has 1 aromatic carbocycles. The van der Waals surface area contributed by atoms with Crippen LogP contribution in [0.15, 0.2) is 45.9 Å². The molecule has 20 heavy (non-hydrogen) atoms. The summed E-state index contributed by atoms with van der Waals surface area (Å²) in [4.78, 5) is 3.96. The van der Waals surface area contributed by atoms with Gasteiger partial charge in [-0.2, -0.15) is 0 Å². The third kappa shape index (κ3) is 3.09. The Morgan fingerprint density at radius 3 is 2.75 bits per heavy atom. The van der Waals surface area contributed by atoms with E-state index in [2.05, 4.69) is 31.1 Å². The van der Waals surface area contributed by atoms with E-state index in [1.54, 1.807) is 12.1 Å². The number of hydrogen-bond donors (Lipinski definition) is 3. The number of nitrogens with two attached hydrogens (primary N) is 1. The molecule has 6 nitrogen and oxygen atoms in total. The van der Waals surface area contributed by atoms with Crippen LogP contribution in [0.4, 0.5) is 11.5 Å². The minimum atomic E-state index is -3.69. The number of nitrogen functional groups attached to an aromatic ring is 1. The number of hydrazine groups is 1. The fraction of sp³-hybridized carbons (Fsp3) is 0.0833. The van der Waals surface area contributed by atoms with Crippen molar-refractivity contribution in [1.82, 2.24) is 4.98 Å². The van der Waals surface area contributed by atoms with Crippen molar-refractivity contribution in [3.8, 4) is 0 Å². The molecule has 0 aliphatic heterocycles. The van der Waals surface area contributed by atoms with E-state index in [1.807, 2.05) is 13.0 Å². The first-order valence-corrected chi connectivity index (χ1v) is 7.92. The zero-order chi connectivity index (χ0) is 14.8. The summed E-state index contributed by atoms with van der Waals surface area (Å²) in [5.41, 5.74) is 3.63. The van der Waals surface area contributed by atoms with Gasteiger partial charge in [0, 0.05) is 16.7 Å². The van der Waals surface area contributed by atoms with E-state index >= 15 is 0 Å². The second-order valence-corrected chi connectivity index (χ2v) is 6.58. The number of pyridine rings is 1. The fourth-order valence-electron chi connectivity index (χ4n) is 1.58. The largest absolute Gasteiger partial charge is 0.308 e. The van der Waals surface area contributed by atoms with E-state index in [4.69, 9.17) is 5.84 Å². The molecule has 1 heterocycles. The first-order chi connectivity index (χ1) is 9.44. The smallest absolute Gasteiger partial charge is 0.262 e. The van der Waals surface area contributed by atoms with Crippen molar-refractivity contribution in [2.24, 2.45) is 5.84 Å². The number of aromatic nitrogens is 1. The first-order valence-electron chi connectivity index (χ1n) is 5.64. The molecule has 0 bridgehead atoms. The maximum Gasteiger partial charge on any atom is 0.262 e. The molecule has 2 aromatic rings. The summed E-state index contributed by atoms with van der Waals surface area (Å²) in [5.74, 6) is 5.50. The van der Waals surface area contributed by atoms with Crippen molar-refractivity contribution >= 4 is 37.5 Å². The van der Waals surface area contributed by atoms with E-state index < -0.39 is 10.0 Å². The molecule has 0 amide bonds. The van der Waals surface area contributed by atoms with Crippen molar-refractivity contribution < 1.29 is 8.42 Å². The fourth-order valence-corrected chi connectivity index (χ4v) is 3.08. The van der Waals surface area contributed by atoms with E-state index in [-0.39, 0.29) is 10.7 Å². The summed E-state index contributed by atoms with van der Waals surface area (Å²) >= 11 is 3.36. The van der Waals surface area contributed by atoms with Gasteiger partial charge in [0.05, 0.1) is 10.6 Å². The van der Waals surface area contributed by atoms with E-state index in [1.165, 1.54) is 18.3 Å². The summed E-state index contributed by atoms with van der Waals surface area (Å²) in [5, 5.41) is 0. The normalized spacial score (nSPS) is 11.2. The summed E-state index contributed by atoms with van der Waals surface area (Å²) < 4.78 is 28.0. The van der Waals surface area contributed by atoms with E-state index in [0.29, 0.717) is 5.69 Å². The van der Waals surface area contributed by atoms with Gasteiger partial charge in [0.2, 0.25) is 0 Å². The minimum Gasteiger partial charge on any atom is -0.308 e. The quantitative estimate of drug-likeness (QED) is 0.576. The van der Waals surface area contributed by atoms with Crippen LogP contribution in [0.5, 0.6) is 0 Å². The second-order valence-electron chi connectivity index (χ2n) is 4.04. The van der Waals surface area contributed by atoms with Crippen molar-refractivity contribution in [1.29, 1.82) is 0 Å². The maximum absolute atomic E-state index is 12.3. The Morgan fingerprint density at radius 1 is 1.30 bits per heavy atom. The molecule has 106 valence electrons. The standard InChI is InChI=1S/C12H13BrN4O2S/c1-8-10(13)3-2-4-11(8)17-20(18,19)9-5-6-15-12(7-9)16-14/h2-7,17H,14H2,1H3,(H,15,16). The van der Waals surface area contributed by atoms with Crippen molar-refractivity contribution in [2.45, 2.75) is 11.8 Å². The molecule has 0 spiro atoms. The molecular formula is C12H13BrN4O2S. The van der Waals surface area contributed by atoms with Gasteiger partial charge in [-0.3, -0.25) is 4.72 Å². The van der Waals surface area contributed by atoms with Crippen LogP contribution >= 0.6 is 15.9 Å². The molecule has 8 heteroatoms. The lowest BCUT2D eigenvalue weighted by molar-refractivity contribution is 0.601. The zero-order valence-corrected chi connectivity index (χ0v) is 13.0. The number of nitrogens with zero attached hydrogens (tertiary/aromatic N) is 1. The molecule has 0 unspecified atom stereocenters. The van der Waals surface area contributed by atoms with Gasteiger partial charge in [-0.15, -0.1) is 0 Å². The Labute approximate surface area is 125 Å². The predicted molar refractivity (Wildman–Crippen MR) is 81.7 cm³/mol. The molecule has 0 aliphatic carbocycles. The van der Waals surface area contributed by atoms with Gasteiger partial charge in [-0.05, 0) is 30.7 Å². The molecule has 0 radical (unpaired) electrons. The molecule has 0 saturated heterocycles. The Bertz CT molecular complexity index is 734. The number of anilines is 2. The lowest BCUT2D eigenvalue weighted by Crippen LogP contribution is -2.15. The second kappa shape index (κ2) is 5.78. The van der Waals surface area contributed by atoms with Crippen LogP contribution in [0.1, 0.15) is 5.56 Å². The Morgan fingerprint density at radius 2 is 2.05 bits per heavy atom. The van der Waals surface area contributed by atoms with Crippen molar-refractivity contribution in [2.75, 3.05) is 10.1 Å². The van der Waals surface area contributed by atoms with E-state index in [9.17, 15) is 8.42 Å². The monoisotopic (exact) mass is 356 g/mol. The minimum absolute atomic E-state index is 0.0832. The molecule has 0 aliphatic rings. The third-order valence-electron chi connectivity index (χ3n) is 2.70. The highest BCUT2D eigenvalue weighted by molar-refractivity contribution is 9.10. The predicted octanol–water partition coefficient (Wildman–Crippen LogP) is 2.24. The summed E-state index contributed by atoms with van der Waals surface area (Å²) in [7, 11) is -3.69. The van der Waals surface area contributed by atoms with Crippen LogP contribution in [0.25, 0.3) is 0 Å². The van der Waals surface area contributed by atoms with Crippen LogP contribution in [0, 0.1) is 6.92 Å². The molecule has 0 saturated carbocycles.